The van der Waals surface area contributed by atoms with Crippen LogP contribution in [0.25, 0.3) is 0 Å². The van der Waals surface area contributed by atoms with E-state index in [1.54, 1.807) is 0 Å². The summed E-state index contributed by atoms with van der Waals surface area (Å²) in [6.07, 6.45) is -0.505. The fourth-order valence-electron chi connectivity index (χ4n) is 0.989. The van der Waals surface area contributed by atoms with Crippen molar-refractivity contribution in [2.24, 2.45) is 5.92 Å². The van der Waals surface area contributed by atoms with Crippen LogP contribution in [0.1, 0.15) is 13.3 Å². The van der Waals surface area contributed by atoms with Crippen LogP contribution in [0.4, 0.5) is 0 Å². The quantitative estimate of drug-likeness (QED) is 0.346. The molecule has 0 aromatic rings. The Labute approximate surface area is 92.7 Å². The maximum atomic E-state index is 10.7. The minimum Gasteiger partial charge on any atom is -0.481 e. The Morgan fingerprint density at radius 3 is 2.06 bits per heavy atom. The molecule has 0 aromatic heterocycles. The zero-order valence-electron chi connectivity index (χ0n) is 9.01. The van der Waals surface area contributed by atoms with Gasteiger partial charge in [-0.25, -0.2) is 0 Å². The molecular weight excluding hydrogens is 218 g/mol. The van der Waals surface area contributed by atoms with Gasteiger partial charge in [-0.2, -0.15) is 0 Å². The van der Waals surface area contributed by atoms with Gasteiger partial charge in [0.25, 0.3) is 0 Å². The van der Waals surface area contributed by atoms with E-state index >= 15 is 0 Å². The van der Waals surface area contributed by atoms with Crippen LogP contribution in [0.5, 0.6) is 0 Å². The van der Waals surface area contributed by atoms with Gasteiger partial charge in [-0.05, 0) is 6.92 Å². The lowest BCUT2D eigenvalue weighted by atomic mass is 10.0. The highest BCUT2D eigenvalue weighted by Gasteiger charge is 2.27. The first-order valence-corrected chi connectivity index (χ1v) is 4.76. The maximum absolute atomic E-state index is 10.7. The number of aliphatic carboxylic acids is 2. The van der Waals surface area contributed by atoms with Crippen LogP contribution in [0.15, 0.2) is 0 Å². The van der Waals surface area contributed by atoms with E-state index in [-0.39, 0.29) is 19.8 Å². The fourth-order valence-corrected chi connectivity index (χ4v) is 0.989. The zero-order valence-corrected chi connectivity index (χ0v) is 9.01. The molecular formula is C9H17NO6. The Bertz CT molecular complexity index is 250. The van der Waals surface area contributed by atoms with Crippen LogP contribution in [0, 0.1) is 5.92 Å². The van der Waals surface area contributed by atoms with Gasteiger partial charge < -0.3 is 25.7 Å². The first-order valence-electron chi connectivity index (χ1n) is 4.76. The second-order valence-corrected chi connectivity index (χ2v) is 3.89. The van der Waals surface area contributed by atoms with Crippen LogP contribution in [0.3, 0.4) is 0 Å². The highest BCUT2D eigenvalue weighted by molar-refractivity contribution is 5.77. The molecule has 0 saturated carbocycles. The number of aliphatic hydroxyl groups excluding tert-OH is 2. The molecule has 7 nitrogen and oxygen atoms in total. The van der Waals surface area contributed by atoms with Crippen molar-refractivity contribution >= 4 is 11.9 Å². The van der Waals surface area contributed by atoms with E-state index in [9.17, 15) is 9.59 Å². The average Bonchev–Trinajstić information content (AvgIpc) is 2.23. The Morgan fingerprint density at radius 1 is 1.25 bits per heavy atom. The van der Waals surface area contributed by atoms with Gasteiger partial charge in [0, 0.05) is 6.54 Å². The number of rotatable bonds is 8. The third kappa shape index (κ3) is 5.06. The predicted octanol–water partition coefficient (Wildman–Crippen LogP) is -1.51. The Hall–Kier alpha value is -1.18. The number of carboxylic acid groups (broad SMARTS) is 2. The molecule has 0 heterocycles. The van der Waals surface area contributed by atoms with E-state index in [0.717, 1.165) is 0 Å². The zero-order chi connectivity index (χ0) is 12.8. The van der Waals surface area contributed by atoms with Crippen molar-refractivity contribution in [3.05, 3.63) is 0 Å². The molecule has 0 rings (SSSR count). The van der Waals surface area contributed by atoms with E-state index < -0.39 is 29.8 Å². The highest BCUT2D eigenvalue weighted by Crippen LogP contribution is 2.06. The number of hydrogen-bond donors (Lipinski definition) is 5. The lowest BCUT2D eigenvalue weighted by Gasteiger charge is -2.27. The van der Waals surface area contributed by atoms with Crippen molar-refractivity contribution < 1.29 is 30.0 Å². The lowest BCUT2D eigenvalue weighted by molar-refractivity contribution is -0.148. The van der Waals surface area contributed by atoms with Gasteiger partial charge in [-0.15, -0.1) is 0 Å². The summed E-state index contributed by atoms with van der Waals surface area (Å²) in [5, 5.41) is 37.7. The van der Waals surface area contributed by atoms with Gasteiger partial charge in [0.05, 0.1) is 31.1 Å². The Morgan fingerprint density at radius 2 is 1.75 bits per heavy atom. The summed E-state index contributed by atoms with van der Waals surface area (Å²) in [4.78, 5) is 21.1. The van der Waals surface area contributed by atoms with Crippen molar-refractivity contribution in [1.82, 2.24) is 5.32 Å². The van der Waals surface area contributed by atoms with Crippen molar-refractivity contribution in [3.8, 4) is 0 Å². The number of carbonyl (C=O) groups is 2. The van der Waals surface area contributed by atoms with Gasteiger partial charge in [0.2, 0.25) is 0 Å². The van der Waals surface area contributed by atoms with E-state index in [1.807, 2.05) is 0 Å². The van der Waals surface area contributed by atoms with Crippen LogP contribution in [-0.4, -0.2) is 57.7 Å². The fraction of sp³-hybridized carbons (Fsp3) is 0.778. The van der Waals surface area contributed by atoms with Gasteiger partial charge in [-0.3, -0.25) is 9.59 Å². The lowest BCUT2D eigenvalue weighted by Crippen LogP contribution is -2.51. The van der Waals surface area contributed by atoms with E-state index in [1.165, 1.54) is 6.92 Å². The van der Waals surface area contributed by atoms with Crippen LogP contribution >= 0.6 is 0 Å². The average molecular weight is 235 g/mol. The van der Waals surface area contributed by atoms with Crippen molar-refractivity contribution in [3.63, 3.8) is 0 Å². The minimum absolute atomic E-state index is 0.126. The summed E-state index contributed by atoms with van der Waals surface area (Å²) >= 11 is 0. The minimum atomic E-state index is -1.23. The molecule has 7 heteroatoms. The summed E-state index contributed by atoms with van der Waals surface area (Å²) in [7, 11) is 0. The summed E-state index contributed by atoms with van der Waals surface area (Å²) < 4.78 is 0. The molecule has 16 heavy (non-hydrogen) atoms. The molecule has 0 aliphatic carbocycles. The second kappa shape index (κ2) is 6.41. The molecule has 5 N–H and O–H groups in total. The van der Waals surface area contributed by atoms with Crippen molar-refractivity contribution in [2.45, 2.75) is 18.9 Å². The van der Waals surface area contributed by atoms with Gasteiger partial charge in [-0.1, -0.05) is 0 Å². The van der Waals surface area contributed by atoms with Gasteiger partial charge in [0.15, 0.2) is 0 Å². The highest BCUT2D eigenvalue weighted by atomic mass is 16.4. The molecule has 94 valence electrons. The first-order chi connectivity index (χ1) is 7.34. The summed E-state index contributed by atoms with van der Waals surface area (Å²) in [5.74, 6) is -3.52. The maximum Gasteiger partial charge on any atom is 0.308 e. The Kier molecular flexibility index (Phi) is 5.94. The molecule has 0 aliphatic rings. The summed E-state index contributed by atoms with van der Waals surface area (Å²) in [5.41, 5.74) is -1.01. The van der Waals surface area contributed by atoms with Gasteiger partial charge in [0.1, 0.15) is 0 Å². The van der Waals surface area contributed by atoms with Crippen LogP contribution in [0.2, 0.25) is 0 Å². The van der Waals surface area contributed by atoms with Crippen molar-refractivity contribution in [2.75, 3.05) is 19.8 Å². The standard InChI is InChI=1S/C9H17NO6/c1-9(4-11,5-12)10-3-6(8(15)16)2-7(13)14/h6,10-12H,2-5H2,1H3,(H,13,14)(H,15,16). The molecule has 0 amide bonds. The van der Waals surface area contributed by atoms with E-state index in [0.29, 0.717) is 0 Å². The third-order valence-corrected chi connectivity index (χ3v) is 2.24. The SMILES string of the molecule is CC(CO)(CO)NCC(CC(=O)O)C(=O)O. The number of carboxylic acids is 2. The van der Waals surface area contributed by atoms with Crippen molar-refractivity contribution in [1.29, 1.82) is 0 Å². The molecule has 1 atom stereocenters. The third-order valence-electron chi connectivity index (χ3n) is 2.24. The van der Waals surface area contributed by atoms with Crippen LogP contribution in [-0.2, 0) is 9.59 Å². The molecule has 0 aromatic carbocycles. The Balaban J connectivity index is 4.31. The number of hydrogen-bond acceptors (Lipinski definition) is 5. The molecule has 1 unspecified atom stereocenters. The normalized spacial score (nSPS) is 13.4. The monoisotopic (exact) mass is 235 g/mol. The van der Waals surface area contributed by atoms with Crippen LogP contribution < -0.4 is 5.32 Å². The molecule has 0 aliphatic heterocycles. The molecule has 0 radical (unpaired) electrons. The predicted molar refractivity (Wildman–Crippen MR) is 54.0 cm³/mol. The van der Waals surface area contributed by atoms with E-state index in [2.05, 4.69) is 5.32 Å². The molecule has 0 spiro atoms. The topological polar surface area (TPSA) is 127 Å². The molecule has 0 bridgehead atoms. The molecule has 0 fully saturated rings. The first kappa shape index (κ1) is 14.8. The van der Waals surface area contributed by atoms with E-state index in [4.69, 9.17) is 20.4 Å². The summed E-state index contributed by atoms with van der Waals surface area (Å²) in [6, 6.07) is 0. The second-order valence-electron chi connectivity index (χ2n) is 3.89. The summed E-state index contributed by atoms with van der Waals surface area (Å²) in [6.45, 7) is 0.637. The number of nitrogens with one attached hydrogen (secondary N) is 1. The largest absolute Gasteiger partial charge is 0.481 e. The smallest absolute Gasteiger partial charge is 0.308 e. The van der Waals surface area contributed by atoms with Gasteiger partial charge >= 0.3 is 11.9 Å². The number of aliphatic hydroxyl groups is 2. The molecule has 0 saturated heterocycles.